The molecule has 0 aliphatic carbocycles. The van der Waals surface area contributed by atoms with Crippen LogP contribution in [0, 0.1) is 12.7 Å². The summed E-state index contributed by atoms with van der Waals surface area (Å²) in [6, 6.07) is 12.4. The van der Waals surface area contributed by atoms with Crippen LogP contribution in [0.25, 0.3) is 0 Å². The van der Waals surface area contributed by atoms with Gasteiger partial charge in [0.15, 0.2) is 0 Å². The number of benzene rings is 2. The van der Waals surface area contributed by atoms with Crippen LogP contribution in [0.15, 0.2) is 48.5 Å². The molecular weight excluding hydrogens is 345 g/mol. The van der Waals surface area contributed by atoms with Gasteiger partial charge in [0, 0.05) is 0 Å². The first-order valence-corrected chi connectivity index (χ1v) is 7.90. The van der Waals surface area contributed by atoms with Gasteiger partial charge < -0.3 is 10.4 Å². The Balaban J connectivity index is 1.85. The van der Waals surface area contributed by atoms with Crippen molar-refractivity contribution in [1.29, 1.82) is 0 Å². The van der Waals surface area contributed by atoms with Crippen molar-refractivity contribution in [3.05, 3.63) is 76.3 Å². The Morgan fingerprint density at radius 2 is 1.92 bits per heavy atom. The number of anilines is 1. The number of halogens is 2. The highest BCUT2D eigenvalue weighted by Gasteiger charge is 2.21. The quantitative estimate of drug-likeness (QED) is 0.692. The molecule has 0 aliphatic rings. The summed E-state index contributed by atoms with van der Waals surface area (Å²) in [5.41, 5.74) is 1.78. The third-order valence-corrected chi connectivity index (χ3v) is 4.07. The number of carbonyl (C=O) groups excluding carboxylic acids is 1. The third kappa shape index (κ3) is 3.64. The summed E-state index contributed by atoms with van der Waals surface area (Å²) in [4.78, 5) is 12.5. The van der Waals surface area contributed by atoms with Crippen molar-refractivity contribution in [3.63, 3.8) is 0 Å². The van der Waals surface area contributed by atoms with Gasteiger partial charge in [0.25, 0.3) is 5.91 Å². The molecule has 2 aromatic carbocycles. The molecular formula is C18H15ClFN3O2. The van der Waals surface area contributed by atoms with Crippen molar-refractivity contribution in [2.45, 2.75) is 13.5 Å². The van der Waals surface area contributed by atoms with Crippen LogP contribution >= 0.6 is 11.6 Å². The molecule has 0 atom stereocenters. The van der Waals surface area contributed by atoms with Gasteiger partial charge in [-0.2, -0.15) is 5.10 Å². The Hall–Kier alpha value is -2.86. The number of aromatic nitrogens is 2. The van der Waals surface area contributed by atoms with Crippen molar-refractivity contribution in [2.75, 3.05) is 5.32 Å². The van der Waals surface area contributed by atoms with Crippen LogP contribution in [0.4, 0.5) is 10.1 Å². The van der Waals surface area contributed by atoms with Gasteiger partial charge in [-0.3, -0.25) is 4.79 Å². The molecule has 3 rings (SSSR count). The van der Waals surface area contributed by atoms with E-state index in [0.717, 1.165) is 5.56 Å². The van der Waals surface area contributed by atoms with Crippen LogP contribution in [-0.2, 0) is 6.54 Å². The maximum absolute atomic E-state index is 13.0. The number of aromatic hydroxyl groups is 1. The molecule has 0 radical (unpaired) electrons. The molecule has 25 heavy (non-hydrogen) atoms. The molecule has 0 fully saturated rings. The van der Waals surface area contributed by atoms with Crippen LogP contribution in [0.3, 0.4) is 0 Å². The zero-order chi connectivity index (χ0) is 18.0. The van der Waals surface area contributed by atoms with Gasteiger partial charge in [-0.1, -0.05) is 35.9 Å². The molecule has 0 spiro atoms. The Labute approximate surface area is 148 Å². The molecule has 0 aliphatic heterocycles. The number of para-hydroxylation sites is 2. The van der Waals surface area contributed by atoms with E-state index in [1.54, 1.807) is 37.3 Å². The zero-order valence-electron chi connectivity index (χ0n) is 13.3. The number of carbonyl (C=O) groups is 1. The lowest BCUT2D eigenvalue weighted by molar-refractivity contribution is 0.102. The average Bonchev–Trinajstić information content (AvgIpc) is 2.85. The van der Waals surface area contributed by atoms with E-state index in [9.17, 15) is 14.3 Å². The lowest BCUT2D eigenvalue weighted by Crippen LogP contribution is -2.13. The number of hydrogen-bond donors (Lipinski definition) is 2. The predicted octanol–water partition coefficient (Wildman–Crippen LogP) is 3.99. The van der Waals surface area contributed by atoms with Crippen LogP contribution in [0.5, 0.6) is 5.75 Å². The number of amides is 1. The van der Waals surface area contributed by atoms with Crippen molar-refractivity contribution in [2.24, 2.45) is 0 Å². The largest absolute Gasteiger partial charge is 0.506 e. The first-order valence-electron chi connectivity index (χ1n) is 7.52. The van der Waals surface area contributed by atoms with Gasteiger partial charge in [-0.05, 0) is 36.8 Å². The molecule has 0 saturated carbocycles. The number of hydrogen-bond acceptors (Lipinski definition) is 3. The number of phenols is 1. The fourth-order valence-electron chi connectivity index (χ4n) is 2.44. The second kappa shape index (κ2) is 6.94. The van der Waals surface area contributed by atoms with Crippen LogP contribution in [0.1, 0.15) is 21.6 Å². The summed E-state index contributed by atoms with van der Waals surface area (Å²) in [5, 5.41) is 16.8. The molecule has 5 nitrogen and oxygen atoms in total. The van der Waals surface area contributed by atoms with E-state index >= 15 is 0 Å². The highest BCUT2D eigenvalue weighted by Crippen LogP contribution is 2.26. The predicted molar refractivity (Wildman–Crippen MR) is 93.5 cm³/mol. The SMILES string of the molecule is Cc1nn(Cc2ccc(F)cc2)c(Cl)c1C(=O)Nc1ccccc1O. The van der Waals surface area contributed by atoms with Crippen molar-refractivity contribution >= 4 is 23.2 Å². The van der Waals surface area contributed by atoms with E-state index in [-0.39, 0.29) is 28.0 Å². The number of aryl methyl sites for hydroxylation is 1. The Morgan fingerprint density at radius 1 is 1.24 bits per heavy atom. The molecule has 0 saturated heterocycles. The first-order chi connectivity index (χ1) is 12.0. The maximum Gasteiger partial charge on any atom is 0.260 e. The summed E-state index contributed by atoms with van der Waals surface area (Å²) >= 11 is 6.31. The molecule has 0 unspecified atom stereocenters. The van der Waals surface area contributed by atoms with E-state index in [1.807, 2.05) is 0 Å². The normalized spacial score (nSPS) is 10.7. The van der Waals surface area contributed by atoms with E-state index < -0.39 is 5.91 Å². The fourth-order valence-corrected chi connectivity index (χ4v) is 2.76. The summed E-state index contributed by atoms with van der Waals surface area (Å²) in [6.45, 7) is 1.98. The molecule has 128 valence electrons. The lowest BCUT2D eigenvalue weighted by Gasteiger charge is -2.07. The van der Waals surface area contributed by atoms with Crippen molar-refractivity contribution in [3.8, 4) is 5.75 Å². The molecule has 1 heterocycles. The summed E-state index contributed by atoms with van der Waals surface area (Å²) < 4.78 is 14.5. The summed E-state index contributed by atoms with van der Waals surface area (Å²) in [7, 11) is 0. The molecule has 3 aromatic rings. The number of rotatable bonds is 4. The Morgan fingerprint density at radius 3 is 2.60 bits per heavy atom. The van der Waals surface area contributed by atoms with Gasteiger partial charge in [0.1, 0.15) is 16.7 Å². The third-order valence-electron chi connectivity index (χ3n) is 3.69. The van der Waals surface area contributed by atoms with Crippen LogP contribution < -0.4 is 5.32 Å². The van der Waals surface area contributed by atoms with Gasteiger partial charge in [-0.15, -0.1) is 0 Å². The second-order valence-corrected chi connectivity index (χ2v) is 5.86. The molecule has 1 amide bonds. The molecule has 7 heteroatoms. The minimum absolute atomic E-state index is 0.0386. The maximum atomic E-state index is 13.0. The topological polar surface area (TPSA) is 67.2 Å². The Kier molecular flexibility index (Phi) is 4.72. The van der Waals surface area contributed by atoms with Gasteiger partial charge in [0.2, 0.25) is 0 Å². The van der Waals surface area contributed by atoms with Crippen molar-refractivity contribution < 1.29 is 14.3 Å². The van der Waals surface area contributed by atoms with Crippen LogP contribution in [-0.4, -0.2) is 20.8 Å². The number of phenolic OH excluding ortho intramolecular Hbond substituents is 1. The smallest absolute Gasteiger partial charge is 0.260 e. The van der Waals surface area contributed by atoms with Gasteiger partial charge >= 0.3 is 0 Å². The average molecular weight is 360 g/mol. The lowest BCUT2D eigenvalue weighted by atomic mass is 10.2. The van der Waals surface area contributed by atoms with Crippen LogP contribution in [0.2, 0.25) is 5.15 Å². The minimum atomic E-state index is -0.464. The standard InChI is InChI=1S/C18H15ClFN3O2/c1-11-16(18(25)21-14-4-2-3-5-15(14)24)17(19)23(22-11)10-12-6-8-13(20)9-7-12/h2-9,24H,10H2,1H3,(H,21,25). The first kappa shape index (κ1) is 17.0. The van der Waals surface area contributed by atoms with E-state index in [2.05, 4.69) is 10.4 Å². The van der Waals surface area contributed by atoms with Gasteiger partial charge in [0.05, 0.1) is 23.5 Å². The number of nitrogens with zero attached hydrogens (tertiary/aromatic N) is 2. The minimum Gasteiger partial charge on any atom is -0.506 e. The fraction of sp³-hybridized carbons (Fsp3) is 0.111. The molecule has 2 N–H and O–H groups in total. The Bertz CT molecular complexity index is 923. The monoisotopic (exact) mass is 359 g/mol. The zero-order valence-corrected chi connectivity index (χ0v) is 14.1. The van der Waals surface area contributed by atoms with E-state index in [0.29, 0.717) is 12.2 Å². The molecule has 1 aromatic heterocycles. The van der Waals surface area contributed by atoms with E-state index in [4.69, 9.17) is 11.6 Å². The highest BCUT2D eigenvalue weighted by atomic mass is 35.5. The number of nitrogens with one attached hydrogen (secondary N) is 1. The van der Waals surface area contributed by atoms with Gasteiger partial charge in [-0.25, -0.2) is 9.07 Å². The summed E-state index contributed by atoms with van der Waals surface area (Å²) in [5.74, 6) is -0.827. The van der Waals surface area contributed by atoms with Crippen molar-refractivity contribution in [1.82, 2.24) is 9.78 Å². The highest BCUT2D eigenvalue weighted by molar-refractivity contribution is 6.33. The second-order valence-electron chi connectivity index (χ2n) is 5.51. The van der Waals surface area contributed by atoms with E-state index in [1.165, 1.54) is 22.9 Å². The summed E-state index contributed by atoms with van der Waals surface area (Å²) in [6.07, 6.45) is 0. The molecule has 0 bridgehead atoms.